The first-order valence-electron chi connectivity index (χ1n) is 8.97. The zero-order valence-electron chi connectivity index (χ0n) is 15.7. The molecule has 8 heteroatoms. The number of nitrogens with zero attached hydrogens (tertiary/aromatic N) is 3. The van der Waals surface area contributed by atoms with E-state index in [1.54, 1.807) is 30.3 Å². The van der Waals surface area contributed by atoms with Gasteiger partial charge in [0.05, 0.1) is 15.7 Å². The fourth-order valence-corrected chi connectivity index (χ4v) is 3.12. The normalized spacial score (nSPS) is 10.8. The fourth-order valence-electron chi connectivity index (χ4n) is 2.82. The molecule has 4 rings (SSSR count). The van der Waals surface area contributed by atoms with Gasteiger partial charge in [0.15, 0.2) is 5.82 Å². The summed E-state index contributed by atoms with van der Waals surface area (Å²) in [6.45, 7) is 1.98. The van der Waals surface area contributed by atoms with E-state index in [-0.39, 0.29) is 11.6 Å². The largest absolute Gasteiger partial charge is 0.319 e. The van der Waals surface area contributed by atoms with Gasteiger partial charge >= 0.3 is 0 Å². The van der Waals surface area contributed by atoms with Crippen molar-refractivity contribution in [3.05, 3.63) is 94.0 Å². The Labute approximate surface area is 182 Å². The Morgan fingerprint density at radius 3 is 2.33 bits per heavy atom. The lowest BCUT2D eigenvalue weighted by atomic mass is 10.1. The average molecular weight is 441 g/mol. The number of amides is 1. The van der Waals surface area contributed by atoms with Crippen LogP contribution in [0.1, 0.15) is 16.2 Å². The second kappa shape index (κ2) is 8.26. The Bertz CT molecular complexity index is 1160. The van der Waals surface area contributed by atoms with E-state index < -0.39 is 5.91 Å². The van der Waals surface area contributed by atoms with E-state index >= 15 is 0 Å². The number of benzene rings is 3. The van der Waals surface area contributed by atoms with Gasteiger partial charge in [0.1, 0.15) is 5.82 Å². The lowest BCUT2D eigenvalue weighted by Crippen LogP contribution is -2.14. The minimum atomic E-state index is -0.511. The van der Waals surface area contributed by atoms with Crippen LogP contribution in [0.25, 0.3) is 17.1 Å². The van der Waals surface area contributed by atoms with E-state index in [0.29, 0.717) is 27.2 Å². The molecule has 1 amide bonds. The van der Waals surface area contributed by atoms with Crippen LogP contribution in [0.3, 0.4) is 0 Å². The van der Waals surface area contributed by atoms with Crippen LogP contribution in [0.4, 0.5) is 10.1 Å². The monoisotopic (exact) mass is 440 g/mol. The number of anilines is 1. The summed E-state index contributed by atoms with van der Waals surface area (Å²) in [4.78, 5) is 17.2. The lowest BCUT2D eigenvalue weighted by molar-refractivity contribution is 0.101. The lowest BCUT2D eigenvalue weighted by Gasteiger charge is -2.06. The van der Waals surface area contributed by atoms with Crippen LogP contribution in [0.2, 0.25) is 10.0 Å². The summed E-state index contributed by atoms with van der Waals surface area (Å²) in [5, 5.41) is 7.77. The molecule has 0 atom stereocenters. The van der Waals surface area contributed by atoms with Crippen molar-refractivity contribution in [3.63, 3.8) is 0 Å². The van der Waals surface area contributed by atoms with Crippen molar-refractivity contribution in [1.82, 2.24) is 14.8 Å². The molecule has 30 heavy (non-hydrogen) atoms. The molecule has 0 bridgehead atoms. The topological polar surface area (TPSA) is 59.8 Å². The minimum Gasteiger partial charge on any atom is -0.319 e. The average Bonchev–Trinajstić information content (AvgIpc) is 3.17. The summed E-state index contributed by atoms with van der Waals surface area (Å²) in [5.74, 6) is -0.460. The molecular formula is C22H15Cl2FN4O. The van der Waals surface area contributed by atoms with E-state index in [0.717, 1.165) is 11.1 Å². The van der Waals surface area contributed by atoms with Crippen molar-refractivity contribution >= 4 is 34.8 Å². The Morgan fingerprint density at radius 2 is 1.67 bits per heavy atom. The van der Waals surface area contributed by atoms with Gasteiger partial charge in [0.25, 0.3) is 5.91 Å². The SMILES string of the molecule is Cc1ccc(-c2nc(C(=O)Nc3ccc(Cl)c(Cl)c3)nn2-c2ccc(F)cc2)cc1. The van der Waals surface area contributed by atoms with Gasteiger partial charge in [-0.1, -0.05) is 53.0 Å². The van der Waals surface area contributed by atoms with E-state index in [1.165, 1.54) is 16.8 Å². The van der Waals surface area contributed by atoms with Crippen LogP contribution >= 0.6 is 23.2 Å². The summed E-state index contributed by atoms with van der Waals surface area (Å²) in [6, 6.07) is 18.2. The van der Waals surface area contributed by atoms with Crippen LogP contribution in [0.5, 0.6) is 0 Å². The number of aryl methyl sites for hydroxylation is 1. The summed E-state index contributed by atoms with van der Waals surface area (Å²) in [6.07, 6.45) is 0. The van der Waals surface area contributed by atoms with Gasteiger partial charge in [-0.25, -0.2) is 14.1 Å². The van der Waals surface area contributed by atoms with Crippen LogP contribution in [0, 0.1) is 12.7 Å². The van der Waals surface area contributed by atoms with Gasteiger partial charge in [-0.3, -0.25) is 4.79 Å². The highest BCUT2D eigenvalue weighted by molar-refractivity contribution is 6.42. The number of hydrogen-bond acceptors (Lipinski definition) is 3. The molecule has 1 heterocycles. The maximum Gasteiger partial charge on any atom is 0.295 e. The molecule has 1 aromatic heterocycles. The summed E-state index contributed by atoms with van der Waals surface area (Å²) < 4.78 is 14.9. The zero-order valence-corrected chi connectivity index (χ0v) is 17.2. The third-order valence-electron chi connectivity index (χ3n) is 4.37. The van der Waals surface area contributed by atoms with Gasteiger partial charge in [-0.15, -0.1) is 5.10 Å². The Kier molecular flexibility index (Phi) is 5.53. The van der Waals surface area contributed by atoms with Crippen molar-refractivity contribution in [2.24, 2.45) is 0 Å². The highest BCUT2D eigenvalue weighted by Gasteiger charge is 2.19. The van der Waals surface area contributed by atoms with Crippen LogP contribution in [-0.4, -0.2) is 20.7 Å². The molecule has 0 saturated heterocycles. The smallest absolute Gasteiger partial charge is 0.295 e. The van der Waals surface area contributed by atoms with Crippen molar-refractivity contribution < 1.29 is 9.18 Å². The molecule has 0 saturated carbocycles. The Hall–Kier alpha value is -3.22. The molecule has 0 spiro atoms. The quantitative estimate of drug-likeness (QED) is 0.426. The molecule has 0 aliphatic heterocycles. The second-order valence-electron chi connectivity index (χ2n) is 6.60. The highest BCUT2D eigenvalue weighted by Crippen LogP contribution is 2.26. The molecule has 1 N–H and O–H groups in total. The number of aromatic nitrogens is 3. The number of carbonyl (C=O) groups excluding carboxylic acids is 1. The van der Waals surface area contributed by atoms with Crippen LogP contribution < -0.4 is 5.32 Å². The van der Waals surface area contributed by atoms with Gasteiger partial charge in [0.2, 0.25) is 5.82 Å². The summed E-state index contributed by atoms with van der Waals surface area (Å²) in [7, 11) is 0. The number of hydrogen-bond donors (Lipinski definition) is 1. The second-order valence-corrected chi connectivity index (χ2v) is 7.41. The summed E-state index contributed by atoms with van der Waals surface area (Å²) in [5.41, 5.74) is 2.90. The van der Waals surface area contributed by atoms with E-state index in [4.69, 9.17) is 23.2 Å². The maximum atomic E-state index is 13.4. The first-order valence-corrected chi connectivity index (χ1v) is 9.73. The van der Waals surface area contributed by atoms with Gasteiger partial charge in [0, 0.05) is 11.3 Å². The first-order chi connectivity index (χ1) is 14.4. The number of rotatable bonds is 4. The van der Waals surface area contributed by atoms with Gasteiger partial charge < -0.3 is 5.32 Å². The fraction of sp³-hybridized carbons (Fsp3) is 0.0455. The Morgan fingerprint density at radius 1 is 0.967 bits per heavy atom. The molecule has 0 aliphatic rings. The molecule has 0 fully saturated rings. The third kappa shape index (κ3) is 4.20. The number of nitrogens with one attached hydrogen (secondary N) is 1. The third-order valence-corrected chi connectivity index (χ3v) is 5.11. The first kappa shape index (κ1) is 20.1. The maximum absolute atomic E-state index is 13.4. The predicted molar refractivity (Wildman–Crippen MR) is 116 cm³/mol. The van der Waals surface area contributed by atoms with Gasteiger partial charge in [-0.2, -0.15) is 0 Å². The molecule has 4 aromatic rings. The highest BCUT2D eigenvalue weighted by atomic mass is 35.5. The molecule has 0 radical (unpaired) electrons. The summed E-state index contributed by atoms with van der Waals surface area (Å²) >= 11 is 11.9. The zero-order chi connectivity index (χ0) is 21.3. The molecule has 3 aromatic carbocycles. The molecule has 0 unspecified atom stereocenters. The van der Waals surface area contributed by atoms with Crippen molar-refractivity contribution in [1.29, 1.82) is 0 Å². The van der Waals surface area contributed by atoms with E-state index in [9.17, 15) is 9.18 Å². The van der Waals surface area contributed by atoms with Crippen molar-refractivity contribution in [2.45, 2.75) is 6.92 Å². The van der Waals surface area contributed by atoms with E-state index in [2.05, 4.69) is 15.4 Å². The molecule has 0 aliphatic carbocycles. The number of carbonyl (C=O) groups is 1. The molecule has 150 valence electrons. The number of halogens is 3. The predicted octanol–water partition coefficient (Wildman–Crippen LogP) is 5.94. The minimum absolute atomic E-state index is 0.0408. The van der Waals surface area contributed by atoms with Crippen molar-refractivity contribution in [3.8, 4) is 17.1 Å². The van der Waals surface area contributed by atoms with Gasteiger partial charge in [-0.05, 0) is 49.4 Å². The molecule has 5 nitrogen and oxygen atoms in total. The Balaban J connectivity index is 1.74. The van der Waals surface area contributed by atoms with Crippen LogP contribution in [-0.2, 0) is 0 Å². The van der Waals surface area contributed by atoms with E-state index in [1.807, 2.05) is 31.2 Å². The standard InChI is InChI=1S/C22H15Cl2FN4O/c1-13-2-4-14(5-3-13)21-27-20(28-29(21)17-9-6-15(25)7-10-17)22(30)26-16-8-11-18(23)19(24)12-16/h2-12H,1H3,(H,26,30). The van der Waals surface area contributed by atoms with Crippen LogP contribution in [0.15, 0.2) is 66.7 Å². The van der Waals surface area contributed by atoms with Crippen molar-refractivity contribution in [2.75, 3.05) is 5.32 Å². The molecular weight excluding hydrogens is 426 g/mol.